The van der Waals surface area contributed by atoms with Crippen LogP contribution in [0.2, 0.25) is 0 Å². The molecule has 2 aliphatic rings. The molecule has 1 saturated carbocycles. The second-order valence-corrected chi connectivity index (χ2v) is 7.56. The molecule has 2 aromatic rings. The van der Waals surface area contributed by atoms with Crippen LogP contribution in [0.4, 0.5) is 5.82 Å². The molecule has 0 unspecified atom stereocenters. The largest absolute Gasteiger partial charge is 0.356 e. The van der Waals surface area contributed by atoms with Gasteiger partial charge >= 0.3 is 0 Å². The number of amides is 1. The van der Waals surface area contributed by atoms with Crippen molar-refractivity contribution in [3.05, 3.63) is 17.8 Å². The maximum Gasteiger partial charge on any atom is 0.220 e. The number of nitrogens with one attached hydrogen (secondary N) is 1. The van der Waals surface area contributed by atoms with Crippen LogP contribution in [-0.4, -0.2) is 35.0 Å². The van der Waals surface area contributed by atoms with Crippen molar-refractivity contribution in [3.63, 3.8) is 0 Å². The fraction of sp³-hybridized carbons (Fsp3) is 0.588. The summed E-state index contributed by atoms with van der Waals surface area (Å²) in [5.41, 5.74) is 0. The molecule has 0 spiro atoms. The Labute approximate surface area is 140 Å². The minimum absolute atomic E-state index is 0.246. The van der Waals surface area contributed by atoms with Gasteiger partial charge in [0.15, 0.2) is 0 Å². The summed E-state index contributed by atoms with van der Waals surface area (Å²) in [6, 6.07) is 2.56. The van der Waals surface area contributed by atoms with Crippen LogP contribution in [0.25, 0.3) is 10.2 Å². The van der Waals surface area contributed by atoms with E-state index in [4.69, 9.17) is 0 Å². The van der Waals surface area contributed by atoms with Crippen molar-refractivity contribution in [2.75, 3.05) is 18.0 Å². The van der Waals surface area contributed by atoms with Crippen LogP contribution in [-0.2, 0) is 4.79 Å². The zero-order valence-corrected chi connectivity index (χ0v) is 14.0. The number of carbonyl (C=O) groups is 1. The Morgan fingerprint density at radius 2 is 2.09 bits per heavy atom. The highest BCUT2D eigenvalue weighted by Crippen LogP contribution is 2.30. The molecule has 122 valence electrons. The Morgan fingerprint density at radius 1 is 1.26 bits per heavy atom. The van der Waals surface area contributed by atoms with E-state index < -0.39 is 0 Å². The Morgan fingerprint density at radius 3 is 2.83 bits per heavy atom. The molecule has 0 aromatic carbocycles. The van der Waals surface area contributed by atoms with Gasteiger partial charge in [0.05, 0.1) is 5.39 Å². The van der Waals surface area contributed by atoms with Crippen LogP contribution in [0.3, 0.4) is 0 Å². The van der Waals surface area contributed by atoms with Crippen molar-refractivity contribution in [2.45, 2.75) is 44.6 Å². The lowest BCUT2D eigenvalue weighted by molar-refractivity contribution is -0.123. The first kappa shape index (κ1) is 14.9. The number of anilines is 1. The van der Waals surface area contributed by atoms with E-state index in [1.54, 1.807) is 17.7 Å². The first-order valence-corrected chi connectivity index (χ1v) is 9.40. The quantitative estimate of drug-likeness (QED) is 0.936. The first-order valence-electron chi connectivity index (χ1n) is 8.52. The average Bonchev–Trinajstić information content (AvgIpc) is 3.00. The van der Waals surface area contributed by atoms with E-state index in [0.717, 1.165) is 54.8 Å². The van der Waals surface area contributed by atoms with E-state index in [-0.39, 0.29) is 5.91 Å². The molecule has 1 aliphatic heterocycles. The standard InChI is InChI=1S/C17H22N4OS/c22-15(20-13-2-1-3-13)10-12-4-7-21(8-5-12)16-14-6-9-23-17(14)19-11-18-16/h6,9,11-13H,1-5,7-8,10H2,(H,20,22). The normalized spacial score (nSPS) is 19.7. The molecule has 1 amide bonds. The summed E-state index contributed by atoms with van der Waals surface area (Å²) in [5.74, 6) is 1.80. The molecule has 5 nitrogen and oxygen atoms in total. The number of hydrogen-bond acceptors (Lipinski definition) is 5. The molecule has 23 heavy (non-hydrogen) atoms. The summed E-state index contributed by atoms with van der Waals surface area (Å²) in [7, 11) is 0. The molecule has 0 bridgehead atoms. The lowest BCUT2D eigenvalue weighted by Crippen LogP contribution is -2.41. The Hall–Kier alpha value is -1.69. The maximum absolute atomic E-state index is 12.1. The lowest BCUT2D eigenvalue weighted by Gasteiger charge is -2.33. The Bertz CT molecular complexity index is 689. The van der Waals surface area contributed by atoms with Crippen molar-refractivity contribution >= 4 is 33.3 Å². The van der Waals surface area contributed by atoms with Gasteiger partial charge in [-0.2, -0.15) is 0 Å². The van der Waals surface area contributed by atoms with Crippen molar-refractivity contribution in [2.24, 2.45) is 5.92 Å². The molecule has 2 aromatic heterocycles. The van der Waals surface area contributed by atoms with E-state index in [1.807, 2.05) is 0 Å². The highest BCUT2D eigenvalue weighted by atomic mass is 32.1. The number of aromatic nitrogens is 2. The predicted octanol–water partition coefficient (Wildman–Crippen LogP) is 2.97. The molecular formula is C17H22N4OS. The van der Waals surface area contributed by atoms with Gasteiger partial charge in [-0.15, -0.1) is 11.3 Å². The number of hydrogen-bond donors (Lipinski definition) is 1. The topological polar surface area (TPSA) is 58.1 Å². The number of carbonyl (C=O) groups excluding carboxylic acids is 1. The van der Waals surface area contributed by atoms with E-state index in [0.29, 0.717) is 18.4 Å². The van der Waals surface area contributed by atoms with Crippen LogP contribution in [0.5, 0.6) is 0 Å². The van der Waals surface area contributed by atoms with E-state index in [1.165, 1.54) is 6.42 Å². The molecule has 0 atom stereocenters. The fourth-order valence-electron chi connectivity index (χ4n) is 3.48. The van der Waals surface area contributed by atoms with E-state index in [2.05, 4.69) is 31.6 Å². The highest BCUT2D eigenvalue weighted by Gasteiger charge is 2.25. The van der Waals surface area contributed by atoms with Crippen molar-refractivity contribution in [1.29, 1.82) is 0 Å². The van der Waals surface area contributed by atoms with Gasteiger partial charge in [-0.3, -0.25) is 4.79 Å². The van der Waals surface area contributed by atoms with Gasteiger partial charge in [0.1, 0.15) is 17.0 Å². The van der Waals surface area contributed by atoms with Crippen LogP contribution < -0.4 is 10.2 Å². The van der Waals surface area contributed by atoms with Crippen molar-refractivity contribution in [1.82, 2.24) is 15.3 Å². The van der Waals surface area contributed by atoms with Gasteiger partial charge in [-0.05, 0) is 49.5 Å². The molecule has 3 heterocycles. The molecule has 6 heteroatoms. The third-order valence-corrected chi connectivity index (χ3v) is 5.92. The van der Waals surface area contributed by atoms with Crippen LogP contribution >= 0.6 is 11.3 Å². The highest BCUT2D eigenvalue weighted by molar-refractivity contribution is 7.16. The molecule has 2 fully saturated rings. The second kappa shape index (κ2) is 6.43. The predicted molar refractivity (Wildman–Crippen MR) is 92.8 cm³/mol. The summed E-state index contributed by atoms with van der Waals surface area (Å²) in [4.78, 5) is 24.3. The molecule has 1 saturated heterocycles. The van der Waals surface area contributed by atoms with Crippen LogP contribution in [0.1, 0.15) is 38.5 Å². The summed E-state index contributed by atoms with van der Waals surface area (Å²) in [6.07, 6.45) is 8.05. The third-order valence-electron chi connectivity index (χ3n) is 5.10. The van der Waals surface area contributed by atoms with Gasteiger partial charge in [0.2, 0.25) is 5.91 Å². The summed E-state index contributed by atoms with van der Waals surface area (Å²) in [5, 5.41) is 6.38. The zero-order valence-electron chi connectivity index (χ0n) is 13.2. The van der Waals surface area contributed by atoms with E-state index in [9.17, 15) is 4.79 Å². The number of thiophene rings is 1. The molecule has 1 aliphatic carbocycles. The number of fused-ring (bicyclic) bond motifs is 1. The van der Waals surface area contributed by atoms with Gasteiger partial charge in [0.25, 0.3) is 0 Å². The van der Waals surface area contributed by atoms with Gasteiger partial charge in [-0.1, -0.05) is 0 Å². The van der Waals surface area contributed by atoms with Gasteiger partial charge in [0, 0.05) is 25.6 Å². The second-order valence-electron chi connectivity index (χ2n) is 6.67. The summed E-state index contributed by atoms with van der Waals surface area (Å²) >= 11 is 1.66. The van der Waals surface area contributed by atoms with Crippen LogP contribution in [0.15, 0.2) is 17.8 Å². The summed E-state index contributed by atoms with van der Waals surface area (Å²) < 4.78 is 0. The number of nitrogens with zero attached hydrogens (tertiary/aromatic N) is 3. The Kier molecular flexibility index (Phi) is 4.16. The third kappa shape index (κ3) is 3.17. The lowest BCUT2D eigenvalue weighted by atomic mass is 9.90. The summed E-state index contributed by atoms with van der Waals surface area (Å²) in [6.45, 7) is 1.95. The average molecular weight is 330 g/mol. The monoisotopic (exact) mass is 330 g/mol. The zero-order chi connectivity index (χ0) is 15.6. The molecular weight excluding hydrogens is 308 g/mol. The van der Waals surface area contributed by atoms with Gasteiger partial charge < -0.3 is 10.2 Å². The molecule has 4 rings (SSSR count). The van der Waals surface area contributed by atoms with Gasteiger partial charge in [-0.25, -0.2) is 9.97 Å². The fourth-order valence-corrected chi connectivity index (χ4v) is 4.21. The minimum Gasteiger partial charge on any atom is -0.356 e. The number of piperidine rings is 1. The van der Waals surface area contributed by atoms with E-state index >= 15 is 0 Å². The first-order chi connectivity index (χ1) is 11.3. The minimum atomic E-state index is 0.246. The smallest absolute Gasteiger partial charge is 0.220 e. The SMILES string of the molecule is O=C(CC1CCN(c2ncnc3sccc23)CC1)NC1CCC1. The van der Waals surface area contributed by atoms with Crippen LogP contribution in [0, 0.1) is 5.92 Å². The maximum atomic E-state index is 12.1. The number of rotatable bonds is 4. The van der Waals surface area contributed by atoms with Crippen molar-refractivity contribution < 1.29 is 4.79 Å². The molecule has 1 N–H and O–H groups in total. The van der Waals surface area contributed by atoms with Crippen molar-refractivity contribution in [3.8, 4) is 0 Å². The Balaban J connectivity index is 1.33. The molecule has 0 radical (unpaired) electrons.